The third kappa shape index (κ3) is 13.0. The van der Waals surface area contributed by atoms with E-state index in [9.17, 15) is 24.9 Å². The van der Waals surface area contributed by atoms with Crippen molar-refractivity contribution in [2.24, 2.45) is 0 Å². The smallest absolute Gasteiger partial charge is 0.335 e. The topological polar surface area (TPSA) is 125 Å². The SMILES string of the molecule is CCCCCCCCCCCCCCCCCCOC1O[C@H](C(=O)O)[C@@H](O)[C@H](O)[C@H]1NC(C)=O. The number of ether oxygens (including phenoxy) is 2. The lowest BCUT2D eigenvalue weighted by Crippen LogP contribution is -2.65. The fourth-order valence-electron chi connectivity index (χ4n) is 4.45. The third-order valence-corrected chi connectivity index (χ3v) is 6.50. The van der Waals surface area contributed by atoms with Gasteiger partial charge in [-0.3, -0.25) is 4.79 Å². The van der Waals surface area contributed by atoms with E-state index in [1.807, 2.05) is 0 Å². The molecule has 0 spiro atoms. The zero-order chi connectivity index (χ0) is 25.2. The number of carboxylic acids is 1. The number of hydrogen-bond acceptors (Lipinski definition) is 6. The molecule has 1 saturated heterocycles. The highest BCUT2D eigenvalue weighted by Gasteiger charge is 2.48. The first-order chi connectivity index (χ1) is 16.4. The Bertz CT molecular complexity index is 545. The third-order valence-electron chi connectivity index (χ3n) is 6.50. The molecule has 0 bridgehead atoms. The first-order valence-corrected chi connectivity index (χ1v) is 13.5. The molecule has 1 rings (SSSR count). The van der Waals surface area contributed by atoms with E-state index in [1.54, 1.807) is 0 Å². The second-order valence-electron chi connectivity index (χ2n) is 9.64. The van der Waals surface area contributed by atoms with Crippen LogP contribution in [0.1, 0.15) is 117 Å². The summed E-state index contributed by atoms with van der Waals surface area (Å²) >= 11 is 0. The highest BCUT2D eigenvalue weighted by molar-refractivity contribution is 5.74. The highest BCUT2D eigenvalue weighted by atomic mass is 16.7. The summed E-state index contributed by atoms with van der Waals surface area (Å²) in [5.74, 6) is -1.81. The number of rotatable bonds is 20. The minimum Gasteiger partial charge on any atom is -0.479 e. The molecule has 1 fully saturated rings. The van der Waals surface area contributed by atoms with Gasteiger partial charge in [-0.1, -0.05) is 103 Å². The Morgan fingerprint density at radius 2 is 1.21 bits per heavy atom. The van der Waals surface area contributed by atoms with Crippen LogP contribution in [-0.2, 0) is 19.1 Å². The number of carbonyl (C=O) groups excluding carboxylic acids is 1. The average Bonchev–Trinajstić information content (AvgIpc) is 2.79. The van der Waals surface area contributed by atoms with E-state index in [2.05, 4.69) is 12.2 Å². The molecule has 5 atom stereocenters. The first kappa shape index (κ1) is 30.8. The number of aliphatic hydroxyl groups is 2. The van der Waals surface area contributed by atoms with Crippen molar-refractivity contribution >= 4 is 11.9 Å². The molecule has 0 saturated carbocycles. The number of aliphatic hydroxyl groups excluding tert-OH is 2. The van der Waals surface area contributed by atoms with Crippen molar-refractivity contribution in [1.82, 2.24) is 5.32 Å². The largest absolute Gasteiger partial charge is 0.479 e. The van der Waals surface area contributed by atoms with E-state index in [0.29, 0.717) is 6.61 Å². The van der Waals surface area contributed by atoms with Crippen LogP contribution in [0.2, 0.25) is 0 Å². The molecule has 0 radical (unpaired) electrons. The van der Waals surface area contributed by atoms with Crippen LogP contribution in [0.5, 0.6) is 0 Å². The molecule has 200 valence electrons. The molecule has 8 heteroatoms. The zero-order valence-corrected chi connectivity index (χ0v) is 21.4. The predicted molar refractivity (Wildman–Crippen MR) is 131 cm³/mol. The van der Waals surface area contributed by atoms with Gasteiger partial charge in [0.25, 0.3) is 0 Å². The molecule has 1 heterocycles. The Morgan fingerprint density at radius 3 is 1.62 bits per heavy atom. The lowest BCUT2D eigenvalue weighted by Gasteiger charge is -2.41. The van der Waals surface area contributed by atoms with Crippen molar-refractivity contribution in [1.29, 1.82) is 0 Å². The number of aliphatic carboxylic acids is 1. The quantitative estimate of drug-likeness (QED) is 0.189. The van der Waals surface area contributed by atoms with Gasteiger partial charge < -0.3 is 30.1 Å². The number of carboxylic acid groups (broad SMARTS) is 1. The van der Waals surface area contributed by atoms with Gasteiger partial charge in [0.1, 0.15) is 18.2 Å². The van der Waals surface area contributed by atoms with Crippen molar-refractivity contribution in [2.45, 2.75) is 147 Å². The Hall–Kier alpha value is -1.22. The van der Waals surface area contributed by atoms with Crippen LogP contribution in [0, 0.1) is 0 Å². The van der Waals surface area contributed by atoms with Crippen LogP contribution in [0.4, 0.5) is 0 Å². The highest BCUT2D eigenvalue weighted by Crippen LogP contribution is 2.23. The monoisotopic (exact) mass is 487 g/mol. The van der Waals surface area contributed by atoms with Crippen molar-refractivity contribution in [2.75, 3.05) is 6.61 Å². The van der Waals surface area contributed by atoms with E-state index in [0.717, 1.165) is 19.3 Å². The molecule has 1 aliphatic rings. The van der Waals surface area contributed by atoms with Crippen LogP contribution < -0.4 is 5.32 Å². The Kier molecular flexibility index (Phi) is 17.2. The summed E-state index contributed by atoms with van der Waals surface area (Å²) < 4.78 is 11.0. The summed E-state index contributed by atoms with van der Waals surface area (Å²) in [6.07, 6.45) is 14.4. The van der Waals surface area contributed by atoms with Gasteiger partial charge in [0.05, 0.1) is 0 Å². The second kappa shape index (κ2) is 19.0. The van der Waals surface area contributed by atoms with Gasteiger partial charge in [-0.15, -0.1) is 0 Å². The fraction of sp³-hybridized carbons (Fsp3) is 0.923. The lowest BCUT2D eigenvalue weighted by atomic mass is 9.96. The van der Waals surface area contributed by atoms with Crippen molar-refractivity contribution < 1.29 is 34.4 Å². The maximum Gasteiger partial charge on any atom is 0.335 e. The summed E-state index contributed by atoms with van der Waals surface area (Å²) in [5, 5.41) is 31.9. The summed E-state index contributed by atoms with van der Waals surface area (Å²) in [6, 6.07) is -1.02. The molecule has 4 N–H and O–H groups in total. The molecule has 0 aliphatic carbocycles. The molecule has 0 aromatic rings. The molecule has 0 aromatic heterocycles. The maximum absolute atomic E-state index is 11.4. The molecule has 34 heavy (non-hydrogen) atoms. The zero-order valence-electron chi connectivity index (χ0n) is 21.4. The van der Waals surface area contributed by atoms with E-state index >= 15 is 0 Å². The van der Waals surface area contributed by atoms with Crippen molar-refractivity contribution in [3.05, 3.63) is 0 Å². The standard InChI is InChI=1S/C26H49NO7/c1-3-4-5-6-7-8-9-10-11-12-13-14-15-16-17-18-19-33-26-21(27-20(2)28)22(29)23(30)24(34-26)25(31)32/h21-24,26,29-30H,3-19H2,1-2H3,(H,27,28)(H,31,32)/t21-,22-,23+,24+,26?/m1/s1. The van der Waals surface area contributed by atoms with Gasteiger partial charge in [-0.25, -0.2) is 4.79 Å². The average molecular weight is 488 g/mol. The Labute approximate surface area is 205 Å². The molecule has 1 aliphatic heterocycles. The summed E-state index contributed by atoms with van der Waals surface area (Å²) in [6.45, 7) is 3.86. The molecular formula is C26H49NO7. The van der Waals surface area contributed by atoms with Gasteiger partial charge in [-0.05, 0) is 6.42 Å². The minimum atomic E-state index is -1.65. The van der Waals surface area contributed by atoms with E-state index < -0.39 is 42.5 Å². The van der Waals surface area contributed by atoms with Crippen LogP contribution in [0.3, 0.4) is 0 Å². The van der Waals surface area contributed by atoms with E-state index in [4.69, 9.17) is 9.47 Å². The molecule has 8 nitrogen and oxygen atoms in total. The molecular weight excluding hydrogens is 438 g/mol. The number of hydrogen-bond donors (Lipinski definition) is 4. The van der Waals surface area contributed by atoms with Gasteiger partial charge in [0.2, 0.25) is 5.91 Å². The maximum atomic E-state index is 11.4. The number of carbonyl (C=O) groups is 2. The van der Waals surface area contributed by atoms with Crippen molar-refractivity contribution in [3.63, 3.8) is 0 Å². The van der Waals surface area contributed by atoms with Gasteiger partial charge in [0, 0.05) is 13.5 Å². The van der Waals surface area contributed by atoms with Gasteiger partial charge >= 0.3 is 5.97 Å². The second-order valence-corrected chi connectivity index (χ2v) is 9.64. The Morgan fingerprint density at radius 1 is 0.765 bits per heavy atom. The minimum absolute atomic E-state index is 0.328. The van der Waals surface area contributed by atoms with Gasteiger partial charge in [-0.2, -0.15) is 0 Å². The molecule has 1 amide bonds. The summed E-state index contributed by atoms with van der Waals surface area (Å²) in [5.41, 5.74) is 0. The number of unbranched alkanes of at least 4 members (excludes halogenated alkanes) is 15. The fourth-order valence-corrected chi connectivity index (χ4v) is 4.45. The van der Waals surface area contributed by atoms with E-state index in [-0.39, 0.29) is 0 Å². The summed E-state index contributed by atoms with van der Waals surface area (Å²) in [7, 11) is 0. The molecule has 0 aromatic carbocycles. The first-order valence-electron chi connectivity index (χ1n) is 13.5. The number of amides is 1. The normalized spacial score (nSPS) is 24.8. The number of nitrogens with one attached hydrogen (secondary N) is 1. The Balaban J connectivity index is 2.06. The van der Waals surface area contributed by atoms with Gasteiger partial charge in [0.15, 0.2) is 12.4 Å². The van der Waals surface area contributed by atoms with Crippen LogP contribution in [-0.4, -0.2) is 64.4 Å². The van der Waals surface area contributed by atoms with Crippen molar-refractivity contribution in [3.8, 4) is 0 Å². The summed E-state index contributed by atoms with van der Waals surface area (Å²) in [4.78, 5) is 22.7. The van der Waals surface area contributed by atoms with Crippen LogP contribution in [0.15, 0.2) is 0 Å². The molecule has 1 unspecified atom stereocenters. The predicted octanol–water partition coefficient (Wildman–Crippen LogP) is 4.30. The van der Waals surface area contributed by atoms with E-state index in [1.165, 1.54) is 90.4 Å². The van der Waals surface area contributed by atoms with Crippen LogP contribution in [0.25, 0.3) is 0 Å². The van der Waals surface area contributed by atoms with Crippen LogP contribution >= 0.6 is 0 Å². The lowest BCUT2D eigenvalue weighted by molar-refractivity contribution is -0.264.